The second-order valence-corrected chi connectivity index (χ2v) is 4.42. The van der Waals surface area contributed by atoms with Crippen molar-refractivity contribution in [3.8, 4) is 0 Å². The van der Waals surface area contributed by atoms with E-state index >= 15 is 0 Å². The van der Waals surface area contributed by atoms with E-state index in [9.17, 15) is 4.79 Å². The third-order valence-electron chi connectivity index (χ3n) is 0.732. The standard InChI is InChI=1S/C6H11OS2/c1-3-8-6(5-7)9-4-2/h6H,3-4H2,1-2H3. The average molecular weight is 163 g/mol. The Kier molecular flexibility index (Phi) is 6.76. The zero-order valence-corrected chi connectivity index (χ0v) is 7.35. The highest BCUT2D eigenvalue weighted by molar-refractivity contribution is 8.17. The minimum absolute atomic E-state index is 0.0417. The quantitative estimate of drug-likeness (QED) is 0.576. The number of carbonyl (C=O) groups excluding carboxylic acids is 1. The molecule has 0 aromatic carbocycles. The van der Waals surface area contributed by atoms with Crippen molar-refractivity contribution >= 4 is 29.8 Å². The smallest absolute Gasteiger partial charge is 0.223 e. The molecular formula is C6H11OS2. The molecule has 9 heavy (non-hydrogen) atoms. The van der Waals surface area contributed by atoms with Crippen LogP contribution >= 0.6 is 23.5 Å². The van der Waals surface area contributed by atoms with Crippen molar-refractivity contribution in [2.45, 2.75) is 18.4 Å². The van der Waals surface area contributed by atoms with Crippen LogP contribution in [0.15, 0.2) is 0 Å². The molecule has 0 aliphatic rings. The summed E-state index contributed by atoms with van der Waals surface area (Å²) in [5.41, 5.74) is 0. The topological polar surface area (TPSA) is 17.1 Å². The van der Waals surface area contributed by atoms with Crippen molar-refractivity contribution in [1.29, 1.82) is 0 Å². The van der Waals surface area contributed by atoms with E-state index in [0.717, 1.165) is 11.5 Å². The van der Waals surface area contributed by atoms with Gasteiger partial charge in [0, 0.05) is 0 Å². The lowest BCUT2D eigenvalue weighted by Crippen LogP contribution is -1.98. The van der Waals surface area contributed by atoms with Crippen LogP contribution in [0.3, 0.4) is 0 Å². The van der Waals surface area contributed by atoms with E-state index in [-0.39, 0.29) is 4.58 Å². The van der Waals surface area contributed by atoms with Gasteiger partial charge in [-0.05, 0) is 11.5 Å². The Morgan fingerprint density at radius 3 is 2.00 bits per heavy atom. The highest BCUT2D eigenvalue weighted by atomic mass is 32.2. The molecule has 0 atom stereocenters. The summed E-state index contributed by atoms with van der Waals surface area (Å²) in [6.07, 6.45) is 1.98. The molecule has 0 N–H and O–H groups in total. The predicted octanol–water partition coefficient (Wildman–Crippen LogP) is 1.93. The summed E-state index contributed by atoms with van der Waals surface area (Å²) in [5, 5.41) is 0. The first-order valence-electron chi connectivity index (χ1n) is 2.96. The SMILES string of the molecule is CCSC([C]=O)SCC. The molecule has 0 saturated carbocycles. The van der Waals surface area contributed by atoms with Crippen molar-refractivity contribution in [3.05, 3.63) is 0 Å². The molecule has 0 amide bonds. The van der Waals surface area contributed by atoms with Crippen LogP contribution in [0.2, 0.25) is 0 Å². The summed E-state index contributed by atoms with van der Waals surface area (Å²) in [6.45, 7) is 4.09. The molecular weight excluding hydrogens is 152 g/mol. The molecule has 53 valence electrons. The molecule has 0 unspecified atom stereocenters. The molecule has 0 aromatic rings. The highest BCUT2D eigenvalue weighted by Crippen LogP contribution is 2.20. The minimum atomic E-state index is 0.0417. The van der Waals surface area contributed by atoms with Gasteiger partial charge in [0.2, 0.25) is 6.29 Å². The summed E-state index contributed by atoms with van der Waals surface area (Å²) in [7, 11) is 0. The van der Waals surface area contributed by atoms with Crippen molar-refractivity contribution in [3.63, 3.8) is 0 Å². The van der Waals surface area contributed by atoms with Gasteiger partial charge < -0.3 is 0 Å². The van der Waals surface area contributed by atoms with Crippen LogP contribution in [-0.2, 0) is 4.79 Å². The molecule has 0 spiro atoms. The molecule has 0 bridgehead atoms. The Morgan fingerprint density at radius 1 is 1.33 bits per heavy atom. The first-order chi connectivity index (χ1) is 4.35. The van der Waals surface area contributed by atoms with E-state index in [0.29, 0.717) is 0 Å². The van der Waals surface area contributed by atoms with Gasteiger partial charge in [0.05, 0.1) is 0 Å². The van der Waals surface area contributed by atoms with Gasteiger partial charge in [0.15, 0.2) is 0 Å². The summed E-state index contributed by atoms with van der Waals surface area (Å²) in [5.74, 6) is 1.99. The van der Waals surface area contributed by atoms with E-state index in [2.05, 4.69) is 0 Å². The fraction of sp³-hybridized carbons (Fsp3) is 0.833. The molecule has 0 aliphatic carbocycles. The molecule has 1 nitrogen and oxygen atoms in total. The Morgan fingerprint density at radius 2 is 1.78 bits per heavy atom. The zero-order valence-electron chi connectivity index (χ0n) is 5.72. The lowest BCUT2D eigenvalue weighted by atomic mass is 10.9. The van der Waals surface area contributed by atoms with Gasteiger partial charge in [-0.15, -0.1) is 23.5 Å². The lowest BCUT2D eigenvalue weighted by molar-refractivity contribution is 0.559. The monoisotopic (exact) mass is 163 g/mol. The second kappa shape index (κ2) is 6.49. The number of hydrogen-bond donors (Lipinski definition) is 0. The predicted molar refractivity (Wildman–Crippen MR) is 45.7 cm³/mol. The Balaban J connectivity index is 3.29. The van der Waals surface area contributed by atoms with Crippen molar-refractivity contribution in [2.75, 3.05) is 11.5 Å². The van der Waals surface area contributed by atoms with Crippen molar-refractivity contribution in [2.24, 2.45) is 0 Å². The van der Waals surface area contributed by atoms with Crippen LogP contribution in [0.1, 0.15) is 13.8 Å². The largest absolute Gasteiger partial charge is 0.289 e. The van der Waals surface area contributed by atoms with Crippen LogP contribution in [-0.4, -0.2) is 22.4 Å². The van der Waals surface area contributed by atoms with E-state index in [1.165, 1.54) is 0 Å². The third-order valence-corrected chi connectivity index (χ3v) is 3.01. The summed E-state index contributed by atoms with van der Waals surface area (Å²) in [4.78, 5) is 10.1. The van der Waals surface area contributed by atoms with Gasteiger partial charge in [-0.1, -0.05) is 13.8 Å². The molecule has 0 fully saturated rings. The number of hydrogen-bond acceptors (Lipinski definition) is 3. The summed E-state index contributed by atoms with van der Waals surface area (Å²) >= 11 is 3.28. The van der Waals surface area contributed by atoms with Crippen LogP contribution in [0, 0.1) is 0 Å². The molecule has 0 aromatic heterocycles. The maximum absolute atomic E-state index is 10.1. The van der Waals surface area contributed by atoms with Crippen LogP contribution in [0.4, 0.5) is 0 Å². The van der Waals surface area contributed by atoms with Crippen LogP contribution < -0.4 is 0 Å². The van der Waals surface area contributed by atoms with Gasteiger partial charge in [0.1, 0.15) is 4.58 Å². The van der Waals surface area contributed by atoms with Gasteiger partial charge in [0.25, 0.3) is 0 Å². The van der Waals surface area contributed by atoms with Gasteiger partial charge in [-0.25, -0.2) is 0 Å². The normalized spacial score (nSPS) is 10.1. The molecule has 3 heteroatoms. The van der Waals surface area contributed by atoms with Gasteiger partial charge in [-0.2, -0.15) is 0 Å². The first kappa shape index (κ1) is 9.37. The second-order valence-electron chi connectivity index (χ2n) is 1.36. The van der Waals surface area contributed by atoms with Crippen molar-refractivity contribution < 1.29 is 4.79 Å². The van der Waals surface area contributed by atoms with E-state index in [4.69, 9.17) is 0 Å². The van der Waals surface area contributed by atoms with Crippen LogP contribution in [0.25, 0.3) is 0 Å². The van der Waals surface area contributed by atoms with Crippen LogP contribution in [0.5, 0.6) is 0 Å². The zero-order chi connectivity index (χ0) is 7.11. The molecule has 0 aliphatic heterocycles. The molecule has 0 saturated heterocycles. The lowest BCUT2D eigenvalue weighted by Gasteiger charge is -2.03. The highest BCUT2D eigenvalue weighted by Gasteiger charge is 2.04. The Hall–Kier alpha value is 0.370. The van der Waals surface area contributed by atoms with Gasteiger partial charge >= 0.3 is 0 Å². The first-order valence-corrected chi connectivity index (χ1v) is 5.05. The maximum atomic E-state index is 10.1. The number of thioether (sulfide) groups is 2. The van der Waals surface area contributed by atoms with E-state index in [1.54, 1.807) is 23.5 Å². The molecule has 1 radical (unpaired) electrons. The Labute approximate surface area is 65.0 Å². The average Bonchev–Trinajstić information content (AvgIpc) is 1.88. The van der Waals surface area contributed by atoms with E-state index < -0.39 is 0 Å². The van der Waals surface area contributed by atoms with Crippen molar-refractivity contribution in [1.82, 2.24) is 0 Å². The third kappa shape index (κ3) is 4.85. The maximum Gasteiger partial charge on any atom is 0.223 e. The molecule has 0 heterocycles. The Bertz CT molecular complexity index is 69.5. The fourth-order valence-corrected chi connectivity index (χ4v) is 2.36. The van der Waals surface area contributed by atoms with Gasteiger partial charge in [-0.3, -0.25) is 4.79 Å². The molecule has 0 rings (SSSR count). The summed E-state index contributed by atoms with van der Waals surface area (Å²) < 4.78 is 0.0417. The summed E-state index contributed by atoms with van der Waals surface area (Å²) in [6, 6.07) is 0. The number of rotatable bonds is 5. The van der Waals surface area contributed by atoms with E-state index in [1.807, 2.05) is 20.1 Å². The fourth-order valence-electron chi connectivity index (χ4n) is 0.419. The minimum Gasteiger partial charge on any atom is -0.289 e.